The van der Waals surface area contributed by atoms with Gasteiger partial charge >= 0.3 is 0 Å². The predicted molar refractivity (Wildman–Crippen MR) is 32.6 cm³/mol. The quantitative estimate of drug-likeness (QED) is 0.677. The summed E-state index contributed by atoms with van der Waals surface area (Å²) in [5.74, 6) is 0. The fraction of sp³-hybridized carbons (Fsp3) is 1.00. The molecular formula is C5H13SiYb. The molecule has 0 unspecified atom stereocenters. The van der Waals surface area contributed by atoms with Crippen LogP contribution in [0.3, 0.4) is 0 Å². The molecule has 7 heavy (non-hydrogen) atoms. The Bertz CT molecular complexity index is 29.3. The first-order valence-corrected chi connectivity index (χ1v) is 5.27. The molecule has 0 aromatic carbocycles. The molecule has 2 heteroatoms. The zero-order valence-electron chi connectivity index (χ0n) is 5.18. The smallest absolute Gasteiger partial charge is 0.0412 e. The Morgan fingerprint density at radius 2 is 1.71 bits per heavy atom. The first kappa shape index (κ1) is 11.5. The van der Waals surface area contributed by atoms with Crippen molar-refractivity contribution in [3.05, 3.63) is 0 Å². The molecule has 0 aromatic rings. The maximum absolute atomic E-state index is 2.36. The predicted octanol–water partition coefficient (Wildman–Crippen LogP) is 2.15. The zero-order chi connectivity index (χ0) is 4.99. The van der Waals surface area contributed by atoms with E-state index in [4.69, 9.17) is 0 Å². The van der Waals surface area contributed by atoms with Crippen LogP contribution in [-0.4, -0.2) is 8.80 Å². The van der Waals surface area contributed by atoms with Crippen LogP contribution in [0.25, 0.3) is 0 Å². The Morgan fingerprint density at radius 1 is 1.29 bits per heavy atom. The molecule has 0 amide bonds. The van der Waals surface area contributed by atoms with E-state index in [0.29, 0.717) is 0 Å². The molecule has 1 radical (unpaired) electrons. The van der Waals surface area contributed by atoms with Crippen molar-refractivity contribution in [3.8, 4) is 0 Å². The van der Waals surface area contributed by atoms with Gasteiger partial charge in [0.2, 0.25) is 0 Å². The molecule has 0 nitrogen and oxygen atoms in total. The molecule has 0 aliphatic rings. The van der Waals surface area contributed by atoms with Crippen molar-refractivity contribution < 1.29 is 46.9 Å². The number of rotatable bonds is 2. The molecule has 0 atom stereocenters. The Hall–Kier alpha value is 1.74. The molecule has 0 aliphatic carbocycles. The third-order valence-corrected chi connectivity index (χ3v) is 2.25. The summed E-state index contributed by atoms with van der Waals surface area (Å²) in [5.41, 5.74) is 0. The van der Waals surface area contributed by atoms with Crippen molar-refractivity contribution in [2.45, 2.75) is 32.5 Å². The average Bonchev–Trinajstić information content (AvgIpc) is 1.35. The van der Waals surface area contributed by atoms with Gasteiger partial charge in [0.1, 0.15) is 0 Å². The molecular weight excluding hydrogens is 261 g/mol. The van der Waals surface area contributed by atoms with Crippen LogP contribution in [-0.2, 0) is 0 Å². The number of hydrogen-bond acceptors (Lipinski definition) is 0. The Morgan fingerprint density at radius 3 is 1.71 bits per heavy atom. The van der Waals surface area contributed by atoms with Crippen LogP contribution in [0.15, 0.2) is 0 Å². The van der Waals surface area contributed by atoms with Crippen LogP contribution in [0.4, 0.5) is 0 Å². The summed E-state index contributed by atoms with van der Waals surface area (Å²) in [4.78, 5) is 0. The second kappa shape index (κ2) is 7.74. The van der Waals surface area contributed by atoms with Crippen molar-refractivity contribution in [1.82, 2.24) is 0 Å². The molecule has 0 spiro atoms. The standard InChI is InChI=1S/C5H13Si.Yb/c1-4-5-6(2)3;/h4-5H2,1-3H3;. The summed E-state index contributed by atoms with van der Waals surface area (Å²) < 4.78 is 0. The summed E-state index contributed by atoms with van der Waals surface area (Å²) >= 11 is 0. The van der Waals surface area contributed by atoms with E-state index < -0.39 is 0 Å². The monoisotopic (exact) mass is 275 g/mol. The minimum absolute atomic E-state index is 0. The van der Waals surface area contributed by atoms with Gasteiger partial charge in [-0.05, 0) is 0 Å². The molecule has 0 aliphatic heterocycles. The van der Waals surface area contributed by atoms with Crippen LogP contribution >= 0.6 is 0 Å². The van der Waals surface area contributed by atoms with Gasteiger partial charge in [0, 0.05) is 55.7 Å². The molecule has 0 saturated carbocycles. The molecule has 0 rings (SSSR count). The minimum Gasteiger partial charge on any atom is -0.0713 e. The first-order chi connectivity index (χ1) is 2.77. The van der Waals surface area contributed by atoms with E-state index >= 15 is 0 Å². The van der Waals surface area contributed by atoms with Crippen molar-refractivity contribution in [2.75, 3.05) is 0 Å². The van der Waals surface area contributed by atoms with Gasteiger partial charge in [0.05, 0.1) is 0 Å². The first-order valence-electron chi connectivity index (χ1n) is 2.56. The van der Waals surface area contributed by atoms with E-state index in [1.807, 2.05) is 0 Å². The van der Waals surface area contributed by atoms with E-state index in [1.54, 1.807) is 0 Å². The van der Waals surface area contributed by atoms with Gasteiger partial charge in [0.25, 0.3) is 0 Å². The van der Waals surface area contributed by atoms with Gasteiger partial charge in [-0.25, -0.2) is 0 Å². The van der Waals surface area contributed by atoms with Crippen LogP contribution in [0.2, 0.25) is 19.1 Å². The average molecular weight is 274 g/mol. The van der Waals surface area contributed by atoms with E-state index in [2.05, 4.69) is 20.0 Å². The van der Waals surface area contributed by atoms with E-state index in [9.17, 15) is 0 Å². The normalized spacial score (nSPS) is 8.57. The van der Waals surface area contributed by atoms with Gasteiger partial charge in [0.15, 0.2) is 0 Å². The van der Waals surface area contributed by atoms with Gasteiger partial charge in [-0.15, -0.1) is 0 Å². The van der Waals surface area contributed by atoms with Crippen molar-refractivity contribution in [1.29, 1.82) is 0 Å². The summed E-state index contributed by atoms with van der Waals surface area (Å²) in [5, 5.41) is 0. The molecule has 0 N–H and O–H groups in total. The molecule has 0 bridgehead atoms. The van der Waals surface area contributed by atoms with Gasteiger partial charge < -0.3 is 0 Å². The van der Waals surface area contributed by atoms with Crippen molar-refractivity contribution >= 4 is 8.80 Å². The van der Waals surface area contributed by atoms with Crippen LogP contribution in [0, 0.1) is 46.9 Å². The maximum atomic E-state index is 2.36. The summed E-state index contributed by atoms with van der Waals surface area (Å²) in [6, 6.07) is 1.48. The fourth-order valence-electron chi connectivity index (χ4n) is 0.500. The SMILES string of the molecule is CCC[Si](C)C.[Yb]. The summed E-state index contributed by atoms with van der Waals surface area (Å²) in [6.07, 6.45) is 1.38. The second-order valence-corrected chi connectivity index (χ2v) is 4.87. The Labute approximate surface area is 86.9 Å². The van der Waals surface area contributed by atoms with Crippen LogP contribution < -0.4 is 0 Å². The third-order valence-electron chi connectivity index (χ3n) is 0.750. The van der Waals surface area contributed by atoms with E-state index in [0.717, 1.165) is 0 Å². The Balaban J connectivity index is 0. The minimum atomic E-state index is 0. The zero-order valence-corrected chi connectivity index (χ0v) is 7.90. The van der Waals surface area contributed by atoms with E-state index in [1.165, 1.54) is 12.5 Å². The largest absolute Gasteiger partial charge is 0.0713 e. The molecule has 51 valence electrons. The third kappa shape index (κ3) is 11.3. The van der Waals surface area contributed by atoms with Crippen molar-refractivity contribution in [2.24, 2.45) is 0 Å². The maximum Gasteiger partial charge on any atom is 0.0412 e. The van der Waals surface area contributed by atoms with E-state index in [-0.39, 0.29) is 55.7 Å². The second-order valence-electron chi connectivity index (χ2n) is 1.96. The Kier molecular flexibility index (Phi) is 12.7. The van der Waals surface area contributed by atoms with Crippen LogP contribution in [0.5, 0.6) is 0 Å². The summed E-state index contributed by atoms with van der Waals surface area (Å²) in [6.45, 7) is 6.96. The van der Waals surface area contributed by atoms with Gasteiger partial charge in [-0.1, -0.05) is 32.5 Å². The molecule has 0 heterocycles. The topological polar surface area (TPSA) is 0 Å². The molecule has 0 saturated heterocycles. The fourth-order valence-corrected chi connectivity index (χ4v) is 1.50. The van der Waals surface area contributed by atoms with Crippen molar-refractivity contribution in [3.63, 3.8) is 0 Å². The van der Waals surface area contributed by atoms with Gasteiger partial charge in [-0.3, -0.25) is 0 Å². The van der Waals surface area contributed by atoms with Gasteiger partial charge in [-0.2, -0.15) is 0 Å². The van der Waals surface area contributed by atoms with Crippen LogP contribution in [0.1, 0.15) is 13.3 Å². The summed E-state index contributed by atoms with van der Waals surface area (Å²) in [7, 11) is 0.114. The number of hydrogen-bond donors (Lipinski definition) is 0. The molecule has 0 fully saturated rings. The molecule has 0 aromatic heterocycles.